The van der Waals surface area contributed by atoms with Crippen LogP contribution in [0.15, 0.2) is 0 Å². The van der Waals surface area contributed by atoms with Crippen LogP contribution >= 0.6 is 0 Å². The average Bonchev–Trinajstić information content (AvgIpc) is 2.22. The third kappa shape index (κ3) is 8.13. The first-order chi connectivity index (χ1) is 8.26. The molecule has 0 radical (unpaired) electrons. The molecule has 0 N–H and O–H groups in total. The van der Waals surface area contributed by atoms with E-state index in [2.05, 4.69) is 14.3 Å². The Balaban J connectivity index is 3.95. The SMILES string of the molecule is CC(OC(=O)OCC(C)(C)COC=O)O[N+](=O)[O-]. The van der Waals surface area contributed by atoms with Gasteiger partial charge in [-0.25, -0.2) is 4.79 Å². The molecule has 0 saturated heterocycles. The van der Waals surface area contributed by atoms with Gasteiger partial charge in [-0.1, -0.05) is 13.8 Å². The summed E-state index contributed by atoms with van der Waals surface area (Å²) in [5.41, 5.74) is -0.590. The molecule has 0 heterocycles. The summed E-state index contributed by atoms with van der Waals surface area (Å²) in [7, 11) is 0. The molecule has 0 aliphatic carbocycles. The maximum Gasteiger partial charge on any atom is 0.510 e. The normalized spacial score (nSPS) is 12.2. The second kappa shape index (κ2) is 7.30. The molecule has 0 saturated carbocycles. The maximum atomic E-state index is 11.1. The van der Waals surface area contributed by atoms with E-state index in [-0.39, 0.29) is 19.7 Å². The lowest BCUT2D eigenvalue weighted by molar-refractivity contribution is -0.777. The molecule has 18 heavy (non-hydrogen) atoms. The fourth-order valence-electron chi connectivity index (χ4n) is 0.868. The molecule has 0 aromatic carbocycles. The van der Waals surface area contributed by atoms with Crippen LogP contribution in [0.25, 0.3) is 0 Å². The number of rotatable bonds is 8. The molecule has 104 valence electrons. The molecule has 0 rings (SSSR count). The lowest BCUT2D eigenvalue weighted by atomic mass is 9.96. The first-order valence-corrected chi connectivity index (χ1v) is 4.96. The molecule has 9 heteroatoms. The summed E-state index contributed by atoms with van der Waals surface area (Å²) < 4.78 is 13.7. The highest BCUT2D eigenvalue weighted by Gasteiger charge is 2.23. The number of carbonyl (C=O) groups excluding carboxylic acids is 2. The minimum absolute atomic E-state index is 0.0602. The number of hydrogen-bond donors (Lipinski definition) is 0. The van der Waals surface area contributed by atoms with E-state index < -0.39 is 22.9 Å². The highest BCUT2D eigenvalue weighted by molar-refractivity contribution is 5.59. The monoisotopic (exact) mass is 265 g/mol. The van der Waals surface area contributed by atoms with E-state index in [1.54, 1.807) is 13.8 Å². The molecule has 1 unspecified atom stereocenters. The molecule has 0 aromatic heterocycles. The van der Waals surface area contributed by atoms with Gasteiger partial charge < -0.3 is 14.2 Å². The van der Waals surface area contributed by atoms with Crippen molar-refractivity contribution >= 4 is 12.6 Å². The number of carbonyl (C=O) groups is 2. The van der Waals surface area contributed by atoms with Crippen molar-refractivity contribution < 1.29 is 33.7 Å². The zero-order valence-corrected chi connectivity index (χ0v) is 10.3. The minimum atomic E-state index is -1.36. The van der Waals surface area contributed by atoms with Crippen molar-refractivity contribution in [1.29, 1.82) is 0 Å². The molecular weight excluding hydrogens is 250 g/mol. The number of nitrogens with zero attached hydrogens (tertiary/aromatic N) is 1. The summed E-state index contributed by atoms with van der Waals surface area (Å²) in [4.78, 5) is 35.0. The van der Waals surface area contributed by atoms with Gasteiger partial charge in [-0.3, -0.25) is 9.63 Å². The molecule has 0 aliphatic heterocycles. The quantitative estimate of drug-likeness (QED) is 0.209. The highest BCUT2D eigenvalue weighted by atomic mass is 17.0. The van der Waals surface area contributed by atoms with Crippen molar-refractivity contribution in [3.8, 4) is 0 Å². The van der Waals surface area contributed by atoms with Crippen LogP contribution < -0.4 is 0 Å². The third-order valence-corrected chi connectivity index (χ3v) is 1.62. The topological polar surface area (TPSA) is 114 Å². The van der Waals surface area contributed by atoms with Gasteiger partial charge in [0.15, 0.2) is 0 Å². The summed E-state index contributed by atoms with van der Waals surface area (Å²) in [6.45, 7) is 4.83. The predicted molar refractivity (Wildman–Crippen MR) is 55.8 cm³/mol. The summed E-state index contributed by atoms with van der Waals surface area (Å²) >= 11 is 0. The van der Waals surface area contributed by atoms with Gasteiger partial charge in [0.1, 0.15) is 6.61 Å². The summed E-state index contributed by atoms with van der Waals surface area (Å²) in [5.74, 6) is 0. The van der Waals surface area contributed by atoms with E-state index in [0.717, 1.165) is 0 Å². The molecule has 1 atom stereocenters. The van der Waals surface area contributed by atoms with Gasteiger partial charge >= 0.3 is 6.16 Å². The molecule has 0 amide bonds. The van der Waals surface area contributed by atoms with Crippen LogP contribution in [-0.4, -0.2) is 37.2 Å². The Kier molecular flexibility index (Phi) is 6.47. The van der Waals surface area contributed by atoms with Crippen molar-refractivity contribution in [3.05, 3.63) is 10.1 Å². The van der Waals surface area contributed by atoms with Crippen LogP contribution in [-0.2, 0) is 23.8 Å². The fourth-order valence-corrected chi connectivity index (χ4v) is 0.868. The molecule has 0 fully saturated rings. The van der Waals surface area contributed by atoms with Crippen molar-refractivity contribution in [2.75, 3.05) is 13.2 Å². The van der Waals surface area contributed by atoms with Crippen LogP contribution in [0, 0.1) is 15.5 Å². The average molecular weight is 265 g/mol. The summed E-state index contributed by atoms with van der Waals surface area (Å²) in [5, 5.41) is 8.84. The van der Waals surface area contributed by atoms with E-state index in [1.807, 2.05) is 0 Å². The Morgan fingerprint density at radius 3 is 2.56 bits per heavy atom. The Hall–Kier alpha value is -2.06. The Bertz CT molecular complexity index is 303. The van der Waals surface area contributed by atoms with E-state index in [4.69, 9.17) is 4.74 Å². The lowest BCUT2D eigenvalue weighted by Crippen LogP contribution is -2.29. The van der Waals surface area contributed by atoms with Gasteiger partial charge in [-0.05, 0) is 6.92 Å². The predicted octanol–water partition coefficient (Wildman–Crippen LogP) is 0.893. The Labute approximate surface area is 103 Å². The van der Waals surface area contributed by atoms with Crippen molar-refractivity contribution in [2.45, 2.75) is 27.1 Å². The Morgan fingerprint density at radius 1 is 1.44 bits per heavy atom. The third-order valence-electron chi connectivity index (χ3n) is 1.62. The number of hydrogen-bond acceptors (Lipinski definition) is 8. The minimum Gasteiger partial charge on any atom is -0.467 e. The zero-order valence-electron chi connectivity index (χ0n) is 10.3. The molecule has 0 aliphatic rings. The van der Waals surface area contributed by atoms with Gasteiger partial charge in [0, 0.05) is 5.41 Å². The Morgan fingerprint density at radius 2 is 2.06 bits per heavy atom. The van der Waals surface area contributed by atoms with Crippen molar-refractivity contribution in [3.63, 3.8) is 0 Å². The fraction of sp³-hybridized carbons (Fsp3) is 0.778. The van der Waals surface area contributed by atoms with Gasteiger partial charge in [0.25, 0.3) is 11.6 Å². The zero-order chi connectivity index (χ0) is 14.2. The van der Waals surface area contributed by atoms with Crippen LogP contribution in [0.4, 0.5) is 4.79 Å². The van der Waals surface area contributed by atoms with E-state index >= 15 is 0 Å². The molecular formula is C9H15NO8. The highest BCUT2D eigenvalue weighted by Crippen LogP contribution is 2.16. The van der Waals surface area contributed by atoms with Crippen LogP contribution in [0.5, 0.6) is 0 Å². The largest absolute Gasteiger partial charge is 0.510 e. The van der Waals surface area contributed by atoms with E-state index in [1.165, 1.54) is 6.92 Å². The van der Waals surface area contributed by atoms with Crippen molar-refractivity contribution in [2.24, 2.45) is 5.41 Å². The molecule has 0 aromatic rings. The number of ether oxygens (including phenoxy) is 3. The smallest absolute Gasteiger partial charge is 0.467 e. The summed E-state index contributed by atoms with van der Waals surface area (Å²) in [6, 6.07) is 0. The molecule has 0 bridgehead atoms. The molecule has 9 nitrogen and oxygen atoms in total. The van der Waals surface area contributed by atoms with Crippen molar-refractivity contribution in [1.82, 2.24) is 0 Å². The standard InChI is InChI=1S/C9H15NO8/c1-7(18-10(13)14)17-8(12)16-5-9(2,3)4-15-6-11/h6-7H,4-5H2,1-3H3. The second-order valence-corrected chi connectivity index (χ2v) is 4.12. The lowest BCUT2D eigenvalue weighted by Gasteiger charge is -2.22. The van der Waals surface area contributed by atoms with Gasteiger partial charge in [-0.15, -0.1) is 10.1 Å². The maximum absolute atomic E-state index is 11.1. The first-order valence-electron chi connectivity index (χ1n) is 4.96. The van der Waals surface area contributed by atoms with E-state index in [9.17, 15) is 19.7 Å². The van der Waals surface area contributed by atoms with Gasteiger partial charge in [0.2, 0.25) is 6.29 Å². The van der Waals surface area contributed by atoms with E-state index in [0.29, 0.717) is 0 Å². The van der Waals surface area contributed by atoms with Gasteiger partial charge in [-0.2, -0.15) is 0 Å². The van der Waals surface area contributed by atoms with Gasteiger partial charge in [0.05, 0.1) is 6.61 Å². The van der Waals surface area contributed by atoms with Crippen LogP contribution in [0.3, 0.4) is 0 Å². The molecule has 0 spiro atoms. The second-order valence-electron chi connectivity index (χ2n) is 4.12. The van der Waals surface area contributed by atoms with Crippen LogP contribution in [0.1, 0.15) is 20.8 Å². The van der Waals surface area contributed by atoms with Crippen LogP contribution in [0.2, 0.25) is 0 Å². The summed E-state index contributed by atoms with van der Waals surface area (Å²) in [6.07, 6.45) is -2.47. The first kappa shape index (κ1) is 15.9.